The van der Waals surface area contributed by atoms with Crippen LogP contribution < -0.4 is 15.9 Å². The maximum Gasteiger partial charge on any atom is 0.631 e. The van der Waals surface area contributed by atoms with E-state index in [4.69, 9.17) is 136 Å². The Bertz CT molecular complexity index is 887. The lowest BCUT2D eigenvalue weighted by Gasteiger charge is -2.18. The molecule has 0 bridgehead atoms. The highest BCUT2D eigenvalue weighted by molar-refractivity contribution is 7.79. The summed E-state index contributed by atoms with van der Waals surface area (Å²) in [5, 5.41) is 198. The monoisotopic (exact) mass is 820 g/mol. The van der Waals surface area contributed by atoms with Crippen molar-refractivity contribution >= 4 is 89.7 Å². The third-order valence-electron chi connectivity index (χ3n) is 3.04. The quantitative estimate of drug-likeness (QED) is 0.0861. The molecule has 3 aromatic carbocycles. The SMILES string of the molecule is OB(O)O.OB(O)O.OB(O)O.OB(O)O.OB(O)O.OB(O)O.OB(O)O.OB(O)O.OB(O)O.c1ccc(P(c2ccccc2)c2ccccc2)cc1. The first kappa shape index (κ1) is 67.3. The van der Waals surface area contributed by atoms with Crippen LogP contribution in [0, 0.1) is 0 Å². The predicted octanol–water partition coefficient (Wildman–Crippen LogP) is -15.0. The minimum Gasteiger partial charge on any atom is -0.402 e. The largest absolute Gasteiger partial charge is 0.631 e. The zero-order chi connectivity index (χ0) is 45.1. The summed E-state index contributed by atoms with van der Waals surface area (Å²) >= 11 is 0. The van der Waals surface area contributed by atoms with Crippen molar-refractivity contribution in [3.63, 3.8) is 0 Å². The number of benzene rings is 3. The first-order valence-electron chi connectivity index (χ1n) is 13.4. The highest BCUT2D eigenvalue weighted by Crippen LogP contribution is 2.32. The summed E-state index contributed by atoms with van der Waals surface area (Å²) < 4.78 is 0. The molecular weight excluding hydrogens is 776 g/mol. The molecule has 27 nitrogen and oxygen atoms in total. The fraction of sp³-hybridized carbons (Fsp3) is 0. The second kappa shape index (κ2) is 49.6. The van der Waals surface area contributed by atoms with E-state index in [0.717, 1.165) is 0 Å². The second-order valence-electron chi connectivity index (χ2n) is 7.46. The molecular formula is C18H42B9O27P. The van der Waals surface area contributed by atoms with Crippen molar-refractivity contribution in [1.29, 1.82) is 0 Å². The van der Waals surface area contributed by atoms with Crippen LogP contribution in [-0.2, 0) is 0 Å². The zero-order valence-electron chi connectivity index (χ0n) is 27.9. The highest BCUT2D eigenvalue weighted by Gasteiger charge is 2.15. The molecule has 37 heteroatoms. The molecule has 3 rings (SSSR count). The van der Waals surface area contributed by atoms with Gasteiger partial charge in [0, 0.05) is 0 Å². The van der Waals surface area contributed by atoms with Gasteiger partial charge in [-0.1, -0.05) is 91.0 Å². The van der Waals surface area contributed by atoms with Crippen molar-refractivity contribution in [3.05, 3.63) is 91.0 Å². The van der Waals surface area contributed by atoms with Gasteiger partial charge < -0.3 is 136 Å². The molecule has 0 saturated heterocycles. The van der Waals surface area contributed by atoms with Gasteiger partial charge in [0.05, 0.1) is 0 Å². The van der Waals surface area contributed by atoms with Crippen LogP contribution in [0.25, 0.3) is 0 Å². The van der Waals surface area contributed by atoms with Gasteiger partial charge in [0.1, 0.15) is 0 Å². The summed E-state index contributed by atoms with van der Waals surface area (Å²) in [5.41, 5.74) is 0. The third-order valence-corrected chi connectivity index (χ3v) is 5.49. The van der Waals surface area contributed by atoms with Crippen LogP contribution in [0.4, 0.5) is 0 Å². The summed E-state index contributed by atoms with van der Waals surface area (Å²) in [5.74, 6) is 0. The van der Waals surface area contributed by atoms with Crippen LogP contribution in [0.3, 0.4) is 0 Å². The van der Waals surface area contributed by atoms with Gasteiger partial charge in [-0.05, 0) is 23.8 Å². The summed E-state index contributed by atoms with van der Waals surface area (Å²) in [6.07, 6.45) is 0. The second-order valence-corrected chi connectivity index (χ2v) is 9.68. The Hall–Kier alpha value is -2.41. The summed E-state index contributed by atoms with van der Waals surface area (Å²) in [6, 6.07) is 32.3. The zero-order valence-corrected chi connectivity index (χ0v) is 28.8. The van der Waals surface area contributed by atoms with Crippen molar-refractivity contribution < 1.29 is 136 Å². The van der Waals surface area contributed by atoms with Gasteiger partial charge in [0.2, 0.25) is 0 Å². The smallest absolute Gasteiger partial charge is 0.402 e. The lowest BCUT2D eigenvalue weighted by Crippen LogP contribution is -2.20. The molecule has 0 unspecified atom stereocenters. The molecule has 0 saturated carbocycles. The first-order valence-corrected chi connectivity index (χ1v) is 14.7. The van der Waals surface area contributed by atoms with Crippen LogP contribution in [0.1, 0.15) is 0 Å². The molecule has 0 radical (unpaired) electrons. The van der Waals surface area contributed by atoms with Crippen LogP contribution >= 0.6 is 7.92 Å². The molecule has 0 fully saturated rings. The predicted molar refractivity (Wildman–Crippen MR) is 197 cm³/mol. The van der Waals surface area contributed by atoms with E-state index in [1.807, 2.05) is 0 Å². The Balaban J connectivity index is -0.000000107. The summed E-state index contributed by atoms with van der Waals surface area (Å²) in [6.45, 7) is 0. The standard InChI is InChI=1S/C18H15P.9BH3O3/c1-4-10-16(11-5-1)19(17-12-6-2-7-13-17)18-14-8-3-9-15-18;9*2-1(3)4/h1-15H;9*2-4H. The average molecular weight is 819 g/mol. The molecule has 55 heavy (non-hydrogen) atoms. The molecule has 0 aliphatic heterocycles. The topological polar surface area (TPSA) is 546 Å². The first-order chi connectivity index (χ1) is 25.0. The molecule has 0 aromatic heterocycles. The van der Waals surface area contributed by atoms with Crippen molar-refractivity contribution in [2.45, 2.75) is 0 Å². The molecule has 0 atom stereocenters. The van der Waals surface area contributed by atoms with E-state index in [1.54, 1.807) is 0 Å². The molecule has 308 valence electrons. The van der Waals surface area contributed by atoms with Crippen molar-refractivity contribution in [1.82, 2.24) is 0 Å². The van der Waals surface area contributed by atoms with Gasteiger partial charge in [-0.3, -0.25) is 0 Å². The van der Waals surface area contributed by atoms with Crippen LogP contribution in [0.5, 0.6) is 0 Å². The van der Waals surface area contributed by atoms with Crippen molar-refractivity contribution in [2.75, 3.05) is 0 Å². The van der Waals surface area contributed by atoms with Crippen LogP contribution in [-0.4, -0.2) is 202 Å². The third kappa shape index (κ3) is 112. The van der Waals surface area contributed by atoms with Crippen LogP contribution in [0.2, 0.25) is 0 Å². The fourth-order valence-electron chi connectivity index (χ4n) is 2.18. The Kier molecular flexibility index (Phi) is 60.8. The van der Waals surface area contributed by atoms with E-state index >= 15 is 0 Å². The van der Waals surface area contributed by atoms with E-state index in [2.05, 4.69) is 91.0 Å². The molecule has 27 N–H and O–H groups in total. The van der Waals surface area contributed by atoms with Gasteiger partial charge in [-0.15, -0.1) is 0 Å². The molecule has 3 aromatic rings. The summed E-state index contributed by atoms with van der Waals surface area (Å²) in [7, 11) is -19.9. The minimum absolute atomic E-state index is 0.446. The number of hydrogen-bond donors (Lipinski definition) is 27. The van der Waals surface area contributed by atoms with Crippen LogP contribution in [0.15, 0.2) is 91.0 Å². The van der Waals surface area contributed by atoms with Gasteiger partial charge in [-0.2, -0.15) is 0 Å². The molecule has 0 spiro atoms. The number of hydrogen-bond acceptors (Lipinski definition) is 27. The van der Waals surface area contributed by atoms with Gasteiger partial charge >= 0.3 is 65.9 Å². The minimum atomic E-state index is -2.17. The lowest BCUT2D eigenvalue weighted by molar-refractivity contribution is 0.276. The Morgan fingerprint density at radius 1 is 0.200 bits per heavy atom. The van der Waals surface area contributed by atoms with E-state index in [1.165, 1.54) is 15.9 Å². The van der Waals surface area contributed by atoms with E-state index in [0.29, 0.717) is 0 Å². The van der Waals surface area contributed by atoms with Crippen molar-refractivity contribution in [3.8, 4) is 0 Å². The van der Waals surface area contributed by atoms with E-state index in [-0.39, 0.29) is 0 Å². The molecule has 0 heterocycles. The van der Waals surface area contributed by atoms with E-state index in [9.17, 15) is 0 Å². The highest BCUT2D eigenvalue weighted by atomic mass is 31.1. The Morgan fingerprint density at radius 3 is 0.382 bits per heavy atom. The normalized spacial score (nSPS) is 8.07. The maximum absolute atomic E-state index is 7.17. The van der Waals surface area contributed by atoms with Crippen molar-refractivity contribution in [2.24, 2.45) is 0 Å². The molecule has 0 aliphatic carbocycles. The Morgan fingerprint density at radius 2 is 0.291 bits per heavy atom. The van der Waals surface area contributed by atoms with Gasteiger partial charge in [0.25, 0.3) is 0 Å². The fourth-order valence-corrected chi connectivity index (χ4v) is 4.48. The number of rotatable bonds is 3. The van der Waals surface area contributed by atoms with E-state index < -0.39 is 73.8 Å². The molecule has 0 aliphatic rings. The van der Waals surface area contributed by atoms with Gasteiger partial charge in [0.15, 0.2) is 0 Å². The van der Waals surface area contributed by atoms with Gasteiger partial charge in [-0.25, -0.2) is 0 Å². The average Bonchev–Trinajstić information content (AvgIpc) is 2.97. The maximum atomic E-state index is 7.17. The Labute approximate surface area is 316 Å². The lowest BCUT2D eigenvalue weighted by atomic mass is 10.3. The summed E-state index contributed by atoms with van der Waals surface area (Å²) in [4.78, 5) is 0. The molecule has 0 amide bonds.